The molecule has 2 N–H and O–H groups in total. The number of rotatable bonds is 6. The molecule has 1 unspecified atom stereocenters. The van der Waals surface area contributed by atoms with Crippen molar-refractivity contribution < 1.29 is 14.6 Å². The van der Waals surface area contributed by atoms with Crippen molar-refractivity contribution in [3.05, 3.63) is 0 Å². The van der Waals surface area contributed by atoms with Crippen LogP contribution in [0.5, 0.6) is 0 Å². The maximum absolute atomic E-state index is 12.0. The summed E-state index contributed by atoms with van der Waals surface area (Å²) in [5.41, 5.74) is -1.11. The molecule has 0 spiro atoms. The molecule has 17 heavy (non-hydrogen) atoms. The van der Waals surface area contributed by atoms with Crippen LogP contribution in [0.15, 0.2) is 0 Å². The first-order valence-electron chi connectivity index (χ1n) is 6.39. The Kier molecular flexibility index (Phi) is 4.95. The van der Waals surface area contributed by atoms with Crippen LogP contribution in [0.4, 0.5) is 0 Å². The minimum absolute atomic E-state index is 0.0766. The predicted octanol–water partition coefficient (Wildman–Crippen LogP) is 1.47. The lowest BCUT2D eigenvalue weighted by atomic mass is 9.87. The zero-order valence-electron chi connectivity index (χ0n) is 11.2. The number of nitrogens with one attached hydrogen (secondary N) is 1. The Morgan fingerprint density at radius 1 is 1.47 bits per heavy atom. The van der Waals surface area contributed by atoms with Gasteiger partial charge in [-0.3, -0.25) is 4.79 Å². The van der Waals surface area contributed by atoms with E-state index in [1.54, 1.807) is 14.0 Å². The quantitative estimate of drug-likeness (QED) is 0.742. The van der Waals surface area contributed by atoms with Crippen molar-refractivity contribution in [3.63, 3.8) is 0 Å². The van der Waals surface area contributed by atoms with Crippen LogP contribution < -0.4 is 5.32 Å². The Bertz CT molecular complexity index is 257. The van der Waals surface area contributed by atoms with Gasteiger partial charge in [0.1, 0.15) is 0 Å². The summed E-state index contributed by atoms with van der Waals surface area (Å²) in [5.74, 6) is 0.0766. The molecule has 0 aromatic heterocycles. The average molecular weight is 243 g/mol. The van der Waals surface area contributed by atoms with Gasteiger partial charge in [0.25, 0.3) is 0 Å². The molecule has 0 heterocycles. The van der Waals surface area contributed by atoms with Crippen LogP contribution in [-0.4, -0.2) is 36.9 Å². The Balaban J connectivity index is 2.36. The number of hydrogen-bond acceptors (Lipinski definition) is 3. The van der Waals surface area contributed by atoms with Crippen LogP contribution >= 0.6 is 0 Å². The lowest BCUT2D eigenvalue weighted by Gasteiger charge is -2.27. The second-order valence-electron chi connectivity index (χ2n) is 5.69. The molecule has 100 valence electrons. The van der Waals surface area contributed by atoms with E-state index in [4.69, 9.17) is 4.74 Å². The highest BCUT2D eigenvalue weighted by Gasteiger charge is 2.36. The van der Waals surface area contributed by atoms with Gasteiger partial charge in [-0.25, -0.2) is 0 Å². The highest BCUT2D eigenvalue weighted by molar-refractivity contribution is 5.82. The third kappa shape index (κ3) is 4.28. The first-order valence-corrected chi connectivity index (χ1v) is 6.39. The van der Waals surface area contributed by atoms with E-state index in [1.165, 1.54) is 0 Å². The smallest absolute Gasteiger partial charge is 0.226 e. The molecule has 1 saturated carbocycles. The van der Waals surface area contributed by atoms with Gasteiger partial charge in [-0.1, -0.05) is 19.8 Å². The monoisotopic (exact) mass is 243 g/mol. The SMILES string of the molecule is COCCC(C)(O)CNC(=O)C1(C)CCCC1. The highest BCUT2D eigenvalue weighted by Crippen LogP contribution is 2.37. The summed E-state index contributed by atoms with van der Waals surface area (Å²) in [7, 11) is 1.61. The van der Waals surface area contributed by atoms with Crippen LogP contribution in [0, 0.1) is 5.41 Å². The lowest BCUT2D eigenvalue weighted by Crippen LogP contribution is -2.45. The molecular weight excluding hydrogens is 218 g/mol. The maximum Gasteiger partial charge on any atom is 0.226 e. The molecule has 0 aromatic carbocycles. The molecule has 1 amide bonds. The molecule has 4 nitrogen and oxygen atoms in total. The van der Waals surface area contributed by atoms with E-state index in [-0.39, 0.29) is 11.3 Å². The number of hydrogen-bond donors (Lipinski definition) is 2. The summed E-state index contributed by atoms with van der Waals surface area (Å²) in [5, 5.41) is 12.9. The molecule has 1 aliphatic rings. The van der Waals surface area contributed by atoms with Crippen molar-refractivity contribution in [3.8, 4) is 0 Å². The summed E-state index contributed by atoms with van der Waals surface area (Å²) < 4.78 is 4.93. The van der Waals surface area contributed by atoms with E-state index < -0.39 is 5.60 Å². The third-order valence-electron chi connectivity index (χ3n) is 3.73. The fourth-order valence-corrected chi connectivity index (χ4v) is 2.28. The summed E-state index contributed by atoms with van der Waals surface area (Å²) in [4.78, 5) is 12.0. The second-order valence-corrected chi connectivity index (χ2v) is 5.69. The highest BCUT2D eigenvalue weighted by atomic mass is 16.5. The fourth-order valence-electron chi connectivity index (χ4n) is 2.28. The van der Waals surface area contributed by atoms with Gasteiger partial charge in [0.05, 0.1) is 5.60 Å². The van der Waals surface area contributed by atoms with E-state index in [2.05, 4.69) is 5.32 Å². The second kappa shape index (κ2) is 5.83. The zero-order chi connectivity index (χ0) is 12.9. The summed E-state index contributed by atoms with van der Waals surface area (Å²) in [6.07, 6.45) is 4.70. The van der Waals surface area contributed by atoms with Crippen molar-refractivity contribution in [2.45, 2.75) is 51.6 Å². The van der Waals surface area contributed by atoms with Crippen molar-refractivity contribution in [2.24, 2.45) is 5.41 Å². The number of amides is 1. The molecule has 4 heteroatoms. The molecule has 1 aliphatic carbocycles. The number of carbonyl (C=O) groups is 1. The molecule has 1 rings (SSSR count). The molecule has 0 bridgehead atoms. The topological polar surface area (TPSA) is 58.6 Å². The summed E-state index contributed by atoms with van der Waals surface area (Å²) in [6, 6.07) is 0. The Hall–Kier alpha value is -0.610. The zero-order valence-corrected chi connectivity index (χ0v) is 11.2. The summed E-state index contributed by atoms with van der Waals surface area (Å²) >= 11 is 0. The number of methoxy groups -OCH3 is 1. The molecule has 1 fully saturated rings. The molecule has 0 aromatic rings. The van der Waals surface area contributed by atoms with Gasteiger partial charge >= 0.3 is 0 Å². The van der Waals surface area contributed by atoms with Gasteiger partial charge in [-0.05, 0) is 19.8 Å². The number of aliphatic hydroxyl groups is 1. The Labute approximate surface area is 104 Å². The van der Waals surface area contributed by atoms with Gasteiger partial charge in [-0.15, -0.1) is 0 Å². The first-order chi connectivity index (χ1) is 7.90. The van der Waals surface area contributed by atoms with E-state index in [9.17, 15) is 9.90 Å². The van der Waals surface area contributed by atoms with Crippen molar-refractivity contribution in [1.29, 1.82) is 0 Å². The van der Waals surface area contributed by atoms with Crippen LogP contribution in [0.3, 0.4) is 0 Å². The minimum Gasteiger partial charge on any atom is -0.388 e. The van der Waals surface area contributed by atoms with Gasteiger partial charge < -0.3 is 15.2 Å². The van der Waals surface area contributed by atoms with Crippen LogP contribution in [-0.2, 0) is 9.53 Å². The van der Waals surface area contributed by atoms with Crippen LogP contribution in [0.25, 0.3) is 0 Å². The van der Waals surface area contributed by atoms with E-state index >= 15 is 0 Å². The normalized spacial score (nSPS) is 22.1. The summed E-state index contributed by atoms with van der Waals surface area (Å²) in [6.45, 7) is 4.54. The maximum atomic E-state index is 12.0. The van der Waals surface area contributed by atoms with Gasteiger partial charge in [0.15, 0.2) is 0 Å². The van der Waals surface area contributed by atoms with Gasteiger partial charge in [-0.2, -0.15) is 0 Å². The molecule has 0 aliphatic heterocycles. The largest absolute Gasteiger partial charge is 0.388 e. The molecule has 1 atom stereocenters. The van der Waals surface area contributed by atoms with Crippen molar-refractivity contribution in [2.75, 3.05) is 20.3 Å². The average Bonchev–Trinajstić information content (AvgIpc) is 2.72. The number of carbonyl (C=O) groups excluding carboxylic acids is 1. The molecule has 0 radical (unpaired) electrons. The third-order valence-corrected chi connectivity index (χ3v) is 3.73. The predicted molar refractivity (Wildman–Crippen MR) is 66.7 cm³/mol. The van der Waals surface area contributed by atoms with E-state index in [0.717, 1.165) is 25.7 Å². The van der Waals surface area contributed by atoms with Gasteiger partial charge in [0, 0.05) is 32.1 Å². The van der Waals surface area contributed by atoms with Gasteiger partial charge in [0.2, 0.25) is 5.91 Å². The number of ether oxygens (including phenoxy) is 1. The van der Waals surface area contributed by atoms with Crippen LogP contribution in [0.2, 0.25) is 0 Å². The lowest BCUT2D eigenvalue weighted by molar-refractivity contribution is -0.131. The Morgan fingerprint density at radius 3 is 2.59 bits per heavy atom. The Morgan fingerprint density at radius 2 is 2.06 bits per heavy atom. The standard InChI is InChI=1S/C13H25NO3/c1-12(6-4-5-7-12)11(15)14-10-13(2,16)8-9-17-3/h16H,4-10H2,1-3H3,(H,14,15). The van der Waals surface area contributed by atoms with Crippen LogP contribution in [0.1, 0.15) is 46.0 Å². The molecule has 0 saturated heterocycles. The van der Waals surface area contributed by atoms with Crippen molar-refractivity contribution >= 4 is 5.91 Å². The van der Waals surface area contributed by atoms with Crippen molar-refractivity contribution in [1.82, 2.24) is 5.32 Å². The van der Waals surface area contributed by atoms with E-state index in [1.807, 2.05) is 6.92 Å². The molecular formula is C13H25NO3. The first kappa shape index (κ1) is 14.5. The fraction of sp³-hybridized carbons (Fsp3) is 0.923. The van der Waals surface area contributed by atoms with E-state index in [0.29, 0.717) is 19.6 Å². The minimum atomic E-state index is -0.888.